The molecule has 2 N–H and O–H groups in total. The fourth-order valence-electron chi connectivity index (χ4n) is 1.50. The second-order valence-corrected chi connectivity index (χ2v) is 2.80. The van der Waals surface area contributed by atoms with Crippen molar-refractivity contribution >= 4 is 11.6 Å². The monoisotopic (exact) mass is 159 g/mol. The lowest BCUT2D eigenvalue weighted by Crippen LogP contribution is -2.33. The number of fused-ring (bicyclic) bond motifs is 1. The van der Waals surface area contributed by atoms with Gasteiger partial charge < -0.3 is 5.41 Å². The molecule has 1 amide bonds. The molecule has 0 bridgehead atoms. The molecule has 1 aromatic carbocycles. The second kappa shape index (κ2) is 2.17. The molecular weight excluding hydrogens is 152 g/mol. The zero-order valence-electron chi connectivity index (χ0n) is 6.29. The van der Waals surface area contributed by atoms with Crippen LogP contribution in [-0.2, 0) is 4.79 Å². The van der Waals surface area contributed by atoms with E-state index in [4.69, 9.17) is 11.1 Å². The number of nitrogens with one attached hydrogen (secondary N) is 2. The van der Waals surface area contributed by atoms with E-state index in [1.807, 2.05) is 12.1 Å². The van der Waals surface area contributed by atoms with Gasteiger partial charge in [-0.15, -0.1) is 0 Å². The molecule has 59 valence electrons. The minimum absolute atomic E-state index is 0.283. The highest BCUT2D eigenvalue weighted by molar-refractivity contribution is 6.23. The molecule has 1 atom stereocenters. The summed E-state index contributed by atoms with van der Waals surface area (Å²) in [6.45, 7) is 0. The summed E-state index contributed by atoms with van der Waals surface area (Å²) in [7, 11) is 0. The average molecular weight is 159 g/mol. The number of carbonyl (C=O) groups is 1. The number of hydrogen-bond acceptors (Lipinski definition) is 2. The Hall–Kier alpha value is -1.64. The third-order valence-corrected chi connectivity index (χ3v) is 2.11. The molecule has 3 nitrogen and oxygen atoms in total. The van der Waals surface area contributed by atoms with Gasteiger partial charge in [-0.1, -0.05) is 24.3 Å². The van der Waals surface area contributed by atoms with Crippen LogP contribution >= 0.6 is 0 Å². The highest BCUT2D eigenvalue weighted by atomic mass is 16.1. The van der Waals surface area contributed by atoms with E-state index in [1.165, 1.54) is 0 Å². The van der Waals surface area contributed by atoms with Crippen molar-refractivity contribution in [3.05, 3.63) is 35.4 Å². The van der Waals surface area contributed by atoms with Gasteiger partial charge in [0.15, 0.2) is 0 Å². The predicted molar refractivity (Wildman–Crippen MR) is 44.1 cm³/mol. The molecule has 0 aromatic heterocycles. The van der Waals surface area contributed by atoms with Crippen molar-refractivity contribution in [2.75, 3.05) is 0 Å². The van der Waals surface area contributed by atoms with Crippen LogP contribution in [0.1, 0.15) is 17.0 Å². The van der Waals surface area contributed by atoms with Crippen molar-refractivity contribution in [1.29, 1.82) is 5.41 Å². The van der Waals surface area contributed by atoms with Crippen LogP contribution in [-0.4, -0.2) is 11.6 Å². The van der Waals surface area contributed by atoms with Gasteiger partial charge in [-0.05, 0) is 5.56 Å². The summed E-state index contributed by atoms with van der Waals surface area (Å²) in [6, 6.07) is 7.25. The summed E-state index contributed by atoms with van der Waals surface area (Å²) in [5.74, 6) is -1.26. The number of benzene rings is 1. The first-order valence-corrected chi connectivity index (χ1v) is 3.65. The number of hydrogen-bond donors (Lipinski definition) is 1. The Morgan fingerprint density at radius 1 is 1.33 bits per heavy atom. The van der Waals surface area contributed by atoms with Gasteiger partial charge in [0, 0.05) is 5.56 Å². The van der Waals surface area contributed by atoms with Gasteiger partial charge in [0.2, 0.25) is 0 Å². The van der Waals surface area contributed by atoms with E-state index in [0.29, 0.717) is 0 Å². The molecule has 1 unspecified atom stereocenters. The maximum atomic E-state index is 10.7. The summed E-state index contributed by atoms with van der Waals surface area (Å²) < 4.78 is 0. The Bertz CT molecular complexity index is 371. The van der Waals surface area contributed by atoms with E-state index < -0.39 is 11.8 Å². The van der Waals surface area contributed by atoms with Crippen molar-refractivity contribution < 1.29 is 4.79 Å². The van der Waals surface area contributed by atoms with Gasteiger partial charge in [0.25, 0.3) is 5.91 Å². The molecule has 1 radical (unpaired) electrons. The van der Waals surface area contributed by atoms with E-state index in [9.17, 15) is 4.79 Å². The minimum atomic E-state index is -0.682. The standard InChI is InChI=1S/C9H7N2O/c10-8-6-4-2-1-3-5(6)7(8)9(11)12/h1-4,7,10-11H. The van der Waals surface area contributed by atoms with E-state index >= 15 is 0 Å². The van der Waals surface area contributed by atoms with Crippen LogP contribution in [0.25, 0.3) is 0 Å². The fourth-order valence-corrected chi connectivity index (χ4v) is 1.50. The molecule has 0 aliphatic heterocycles. The molecule has 1 aliphatic rings. The van der Waals surface area contributed by atoms with Gasteiger partial charge >= 0.3 is 0 Å². The zero-order chi connectivity index (χ0) is 8.72. The van der Waals surface area contributed by atoms with Crippen LogP contribution in [0.3, 0.4) is 0 Å². The Kier molecular flexibility index (Phi) is 1.27. The summed E-state index contributed by atoms with van der Waals surface area (Å²) in [4.78, 5) is 10.7. The van der Waals surface area contributed by atoms with Gasteiger partial charge in [-0.25, -0.2) is 0 Å². The van der Waals surface area contributed by atoms with Crippen LogP contribution in [0.5, 0.6) is 0 Å². The molecule has 0 heterocycles. The maximum absolute atomic E-state index is 10.7. The summed E-state index contributed by atoms with van der Waals surface area (Å²) in [5.41, 5.74) is 8.83. The molecule has 0 saturated carbocycles. The SMILES string of the molecule is [NH]C(=O)C1C(=N)c2ccccc21. The van der Waals surface area contributed by atoms with Gasteiger partial charge in [-0.3, -0.25) is 10.5 Å². The smallest absolute Gasteiger partial charge is 0.252 e. The summed E-state index contributed by atoms with van der Waals surface area (Å²) >= 11 is 0. The van der Waals surface area contributed by atoms with Gasteiger partial charge in [-0.2, -0.15) is 0 Å². The van der Waals surface area contributed by atoms with Crippen molar-refractivity contribution in [1.82, 2.24) is 5.73 Å². The van der Waals surface area contributed by atoms with Gasteiger partial charge in [0.1, 0.15) is 5.92 Å². The molecule has 3 heteroatoms. The largest absolute Gasteiger partial charge is 0.303 e. The lowest BCUT2D eigenvalue weighted by Gasteiger charge is -2.27. The van der Waals surface area contributed by atoms with Crippen LogP contribution in [0.15, 0.2) is 24.3 Å². The first kappa shape index (κ1) is 7.03. The van der Waals surface area contributed by atoms with E-state index in [1.54, 1.807) is 12.1 Å². The van der Waals surface area contributed by atoms with Crippen LogP contribution in [0, 0.1) is 5.41 Å². The number of rotatable bonds is 1. The Labute approximate surface area is 69.7 Å². The fraction of sp³-hybridized carbons (Fsp3) is 0.111. The van der Waals surface area contributed by atoms with Crippen LogP contribution in [0.2, 0.25) is 0 Å². The van der Waals surface area contributed by atoms with Crippen molar-refractivity contribution in [3.63, 3.8) is 0 Å². The average Bonchev–Trinajstić information content (AvgIpc) is 2.03. The predicted octanol–water partition coefficient (Wildman–Crippen LogP) is 0.961. The minimum Gasteiger partial charge on any atom is -0.303 e. The van der Waals surface area contributed by atoms with Crippen molar-refractivity contribution in [3.8, 4) is 0 Å². The third-order valence-electron chi connectivity index (χ3n) is 2.11. The Morgan fingerprint density at radius 2 is 2.00 bits per heavy atom. The molecular formula is C9H7N2O. The molecule has 0 fully saturated rings. The molecule has 0 spiro atoms. The molecule has 2 rings (SSSR count). The van der Waals surface area contributed by atoms with E-state index in [2.05, 4.69) is 0 Å². The highest BCUT2D eigenvalue weighted by Crippen LogP contribution is 2.34. The summed E-state index contributed by atoms with van der Waals surface area (Å²) in [5, 5.41) is 7.46. The maximum Gasteiger partial charge on any atom is 0.252 e. The second-order valence-electron chi connectivity index (χ2n) is 2.80. The third kappa shape index (κ3) is 0.704. The van der Waals surface area contributed by atoms with Gasteiger partial charge in [0.05, 0.1) is 5.71 Å². The zero-order valence-corrected chi connectivity index (χ0v) is 6.29. The number of amides is 1. The quantitative estimate of drug-likeness (QED) is 0.651. The normalized spacial score (nSPS) is 19.7. The molecule has 12 heavy (non-hydrogen) atoms. The van der Waals surface area contributed by atoms with Crippen molar-refractivity contribution in [2.45, 2.75) is 5.92 Å². The molecule has 1 aliphatic carbocycles. The Morgan fingerprint density at radius 3 is 2.67 bits per heavy atom. The highest BCUT2D eigenvalue weighted by Gasteiger charge is 2.36. The lowest BCUT2D eigenvalue weighted by atomic mass is 9.75. The first-order valence-electron chi connectivity index (χ1n) is 3.65. The molecule has 0 saturated heterocycles. The van der Waals surface area contributed by atoms with Crippen LogP contribution in [0.4, 0.5) is 0 Å². The van der Waals surface area contributed by atoms with Crippen LogP contribution < -0.4 is 5.73 Å². The van der Waals surface area contributed by atoms with E-state index in [0.717, 1.165) is 11.1 Å². The van der Waals surface area contributed by atoms with Crippen molar-refractivity contribution in [2.24, 2.45) is 0 Å². The Balaban J connectivity index is 2.50. The summed E-state index contributed by atoms with van der Waals surface area (Å²) in [6.07, 6.45) is 0. The topological polar surface area (TPSA) is 64.7 Å². The first-order chi connectivity index (χ1) is 5.72. The van der Waals surface area contributed by atoms with E-state index in [-0.39, 0.29) is 5.71 Å². The lowest BCUT2D eigenvalue weighted by molar-refractivity contribution is -0.118. The molecule has 1 aromatic rings. The number of carbonyl (C=O) groups excluding carboxylic acids is 1.